The first-order valence-corrected chi connectivity index (χ1v) is 11.4. The fourth-order valence-corrected chi connectivity index (χ4v) is 4.56. The number of amides is 1. The standard InChI is InChI=1S/C25H22N8O2/c1-30-22-20(15-28-30)23(27-16-26-22)31-11-13-32(14-12-31)25(35)21-18-9-5-6-10-19(18)24(34)33(29-21)17-7-3-2-4-8-17/h2-10,15-16H,11-14H2,1H3. The first-order valence-electron chi connectivity index (χ1n) is 11.4. The van der Waals surface area contributed by atoms with Gasteiger partial charge in [0.15, 0.2) is 11.3 Å². The van der Waals surface area contributed by atoms with Crippen molar-refractivity contribution in [2.45, 2.75) is 0 Å². The maximum atomic E-state index is 13.7. The van der Waals surface area contributed by atoms with Gasteiger partial charge >= 0.3 is 0 Å². The molecule has 174 valence electrons. The fraction of sp³-hybridized carbons (Fsp3) is 0.200. The highest BCUT2D eigenvalue weighted by molar-refractivity contribution is 6.05. The third kappa shape index (κ3) is 3.50. The molecule has 0 spiro atoms. The Morgan fingerprint density at radius 1 is 0.857 bits per heavy atom. The maximum Gasteiger partial charge on any atom is 0.279 e. The Kier molecular flexibility index (Phi) is 4.98. The Balaban J connectivity index is 1.32. The number of anilines is 1. The molecule has 0 saturated carbocycles. The van der Waals surface area contributed by atoms with Crippen LogP contribution in [0.1, 0.15) is 10.5 Å². The van der Waals surface area contributed by atoms with Gasteiger partial charge in [-0.05, 0) is 18.2 Å². The Morgan fingerprint density at radius 3 is 2.34 bits per heavy atom. The summed E-state index contributed by atoms with van der Waals surface area (Å²) in [5.74, 6) is 0.621. The number of aromatic nitrogens is 6. The average molecular weight is 467 g/mol. The van der Waals surface area contributed by atoms with Crippen molar-refractivity contribution >= 4 is 33.5 Å². The van der Waals surface area contributed by atoms with Crippen molar-refractivity contribution in [2.24, 2.45) is 7.05 Å². The van der Waals surface area contributed by atoms with E-state index in [0.29, 0.717) is 42.6 Å². The van der Waals surface area contributed by atoms with Gasteiger partial charge in [0.1, 0.15) is 12.1 Å². The lowest BCUT2D eigenvalue weighted by atomic mass is 10.1. The minimum absolute atomic E-state index is 0.195. The molecule has 0 radical (unpaired) electrons. The molecule has 35 heavy (non-hydrogen) atoms. The predicted octanol–water partition coefficient (Wildman–Crippen LogP) is 2.02. The number of carbonyl (C=O) groups is 1. The van der Waals surface area contributed by atoms with Crippen molar-refractivity contribution in [1.29, 1.82) is 0 Å². The third-order valence-electron chi connectivity index (χ3n) is 6.38. The predicted molar refractivity (Wildman–Crippen MR) is 132 cm³/mol. The van der Waals surface area contributed by atoms with Crippen molar-refractivity contribution in [3.63, 3.8) is 0 Å². The van der Waals surface area contributed by atoms with Gasteiger partial charge in [-0.2, -0.15) is 14.9 Å². The minimum Gasteiger partial charge on any atom is -0.352 e. The van der Waals surface area contributed by atoms with Crippen LogP contribution >= 0.6 is 0 Å². The summed E-state index contributed by atoms with van der Waals surface area (Å²) in [5, 5.41) is 10.7. The normalized spacial score (nSPS) is 14.1. The first-order chi connectivity index (χ1) is 17.1. The molecular formula is C25H22N8O2. The summed E-state index contributed by atoms with van der Waals surface area (Å²) >= 11 is 0. The van der Waals surface area contributed by atoms with Gasteiger partial charge in [-0.25, -0.2) is 9.97 Å². The lowest BCUT2D eigenvalue weighted by Gasteiger charge is -2.35. The van der Waals surface area contributed by atoms with Crippen LogP contribution in [0.2, 0.25) is 0 Å². The van der Waals surface area contributed by atoms with E-state index < -0.39 is 0 Å². The molecule has 1 aliphatic rings. The van der Waals surface area contributed by atoms with E-state index in [2.05, 4.69) is 25.1 Å². The van der Waals surface area contributed by atoms with Crippen LogP contribution < -0.4 is 10.5 Å². The molecule has 5 aromatic rings. The Bertz CT molecular complexity index is 1620. The van der Waals surface area contributed by atoms with E-state index in [1.165, 1.54) is 4.68 Å². The zero-order valence-corrected chi connectivity index (χ0v) is 19.1. The summed E-state index contributed by atoms with van der Waals surface area (Å²) in [6.45, 7) is 2.24. The van der Waals surface area contributed by atoms with Gasteiger partial charge in [0, 0.05) is 38.6 Å². The van der Waals surface area contributed by atoms with Crippen LogP contribution in [-0.2, 0) is 7.05 Å². The van der Waals surface area contributed by atoms with Gasteiger partial charge in [0.05, 0.1) is 22.7 Å². The molecule has 1 fully saturated rings. The van der Waals surface area contributed by atoms with Crippen molar-refractivity contribution in [1.82, 2.24) is 34.4 Å². The summed E-state index contributed by atoms with van der Waals surface area (Å²) in [6.07, 6.45) is 3.31. The van der Waals surface area contributed by atoms with E-state index in [1.807, 2.05) is 31.3 Å². The van der Waals surface area contributed by atoms with Crippen LogP contribution in [0.3, 0.4) is 0 Å². The fourth-order valence-electron chi connectivity index (χ4n) is 4.56. The monoisotopic (exact) mass is 466 g/mol. The van der Waals surface area contributed by atoms with Crippen LogP contribution in [0.4, 0.5) is 5.82 Å². The summed E-state index contributed by atoms with van der Waals surface area (Å²) in [5.41, 5.74) is 1.41. The van der Waals surface area contributed by atoms with E-state index in [4.69, 9.17) is 0 Å². The van der Waals surface area contributed by atoms with Crippen LogP contribution in [0.25, 0.3) is 27.5 Å². The lowest BCUT2D eigenvalue weighted by molar-refractivity contribution is 0.0741. The van der Waals surface area contributed by atoms with Gasteiger partial charge < -0.3 is 9.80 Å². The molecule has 10 heteroatoms. The molecule has 0 bridgehead atoms. The van der Waals surface area contributed by atoms with Crippen molar-refractivity contribution in [3.05, 3.63) is 83.2 Å². The third-order valence-corrected chi connectivity index (χ3v) is 6.38. The number of carbonyl (C=O) groups excluding carboxylic acids is 1. The molecule has 0 atom stereocenters. The SMILES string of the molecule is Cn1ncc2c(N3CCN(C(=O)c4nn(-c5ccccc5)c(=O)c5ccccc45)CC3)ncnc21. The van der Waals surface area contributed by atoms with Gasteiger partial charge in [0.2, 0.25) is 0 Å². The zero-order chi connectivity index (χ0) is 23.9. The molecule has 1 saturated heterocycles. The number of aryl methyl sites for hydroxylation is 1. The van der Waals surface area contributed by atoms with Crippen LogP contribution in [-0.4, -0.2) is 66.5 Å². The van der Waals surface area contributed by atoms with E-state index in [0.717, 1.165) is 16.9 Å². The second kappa shape index (κ2) is 8.32. The molecule has 1 aliphatic heterocycles. The Hall–Kier alpha value is -4.60. The highest BCUT2D eigenvalue weighted by Gasteiger charge is 2.27. The summed E-state index contributed by atoms with van der Waals surface area (Å²) < 4.78 is 3.03. The van der Waals surface area contributed by atoms with E-state index >= 15 is 0 Å². The van der Waals surface area contributed by atoms with E-state index in [9.17, 15) is 9.59 Å². The second-order valence-electron chi connectivity index (χ2n) is 8.43. The number of hydrogen-bond donors (Lipinski definition) is 0. The topological polar surface area (TPSA) is 102 Å². The number of rotatable bonds is 3. The summed E-state index contributed by atoms with van der Waals surface area (Å²) in [6, 6.07) is 16.3. The van der Waals surface area contributed by atoms with Gasteiger partial charge in [-0.1, -0.05) is 36.4 Å². The molecule has 0 aliphatic carbocycles. The van der Waals surface area contributed by atoms with Gasteiger partial charge in [-0.15, -0.1) is 0 Å². The molecule has 6 rings (SSSR count). The quantitative estimate of drug-likeness (QED) is 0.401. The number of nitrogens with zero attached hydrogens (tertiary/aromatic N) is 8. The van der Waals surface area contributed by atoms with Gasteiger partial charge in [0.25, 0.3) is 11.5 Å². The molecule has 4 heterocycles. The number of fused-ring (bicyclic) bond motifs is 2. The Labute approximate surface area is 200 Å². The zero-order valence-electron chi connectivity index (χ0n) is 19.1. The second-order valence-corrected chi connectivity index (χ2v) is 8.43. The smallest absolute Gasteiger partial charge is 0.279 e. The van der Waals surface area contributed by atoms with Crippen LogP contribution in [0, 0.1) is 0 Å². The minimum atomic E-state index is -0.252. The molecule has 2 aromatic carbocycles. The first kappa shape index (κ1) is 21.0. The maximum absolute atomic E-state index is 13.7. The molecular weight excluding hydrogens is 444 g/mol. The molecule has 0 N–H and O–H groups in total. The number of piperazine rings is 1. The number of benzene rings is 2. The van der Waals surface area contributed by atoms with Crippen LogP contribution in [0.15, 0.2) is 71.9 Å². The lowest BCUT2D eigenvalue weighted by Crippen LogP contribution is -2.49. The van der Waals surface area contributed by atoms with Crippen molar-refractivity contribution < 1.29 is 4.79 Å². The summed E-state index contributed by atoms with van der Waals surface area (Å²) in [4.78, 5) is 39.5. The van der Waals surface area contributed by atoms with E-state index in [1.54, 1.807) is 52.4 Å². The van der Waals surface area contributed by atoms with Gasteiger partial charge in [-0.3, -0.25) is 14.3 Å². The van der Waals surface area contributed by atoms with Crippen LogP contribution in [0.5, 0.6) is 0 Å². The summed E-state index contributed by atoms with van der Waals surface area (Å²) in [7, 11) is 1.85. The molecule has 0 unspecified atom stereocenters. The van der Waals surface area contributed by atoms with Crippen molar-refractivity contribution in [3.8, 4) is 5.69 Å². The number of para-hydroxylation sites is 1. The molecule has 1 amide bonds. The number of hydrogen-bond acceptors (Lipinski definition) is 7. The average Bonchev–Trinajstić information content (AvgIpc) is 3.30. The highest BCUT2D eigenvalue weighted by atomic mass is 16.2. The largest absolute Gasteiger partial charge is 0.352 e. The Morgan fingerprint density at radius 2 is 1.57 bits per heavy atom. The van der Waals surface area contributed by atoms with Crippen molar-refractivity contribution in [2.75, 3.05) is 31.1 Å². The molecule has 10 nitrogen and oxygen atoms in total. The highest BCUT2D eigenvalue weighted by Crippen LogP contribution is 2.24. The molecule has 3 aromatic heterocycles. The van der Waals surface area contributed by atoms with E-state index in [-0.39, 0.29) is 17.2 Å².